The molecule has 1 fully saturated rings. The molecular formula is C16H28N4. The summed E-state index contributed by atoms with van der Waals surface area (Å²) in [6.45, 7) is 13.3. The predicted octanol–water partition coefficient (Wildman–Crippen LogP) is 3.80. The monoisotopic (exact) mass is 276 g/mol. The number of hydrogen-bond donors (Lipinski definition) is 1. The van der Waals surface area contributed by atoms with Gasteiger partial charge in [0.05, 0.1) is 0 Å². The Morgan fingerprint density at radius 3 is 2.65 bits per heavy atom. The van der Waals surface area contributed by atoms with Gasteiger partial charge in [0.1, 0.15) is 18.0 Å². The highest BCUT2D eigenvalue weighted by atomic mass is 15.3. The fourth-order valence-corrected chi connectivity index (χ4v) is 3.02. The largest absolute Gasteiger partial charge is 0.370 e. The average molecular weight is 276 g/mol. The summed E-state index contributed by atoms with van der Waals surface area (Å²) in [6.07, 6.45) is 5.28. The van der Waals surface area contributed by atoms with E-state index in [1.54, 1.807) is 6.33 Å². The summed E-state index contributed by atoms with van der Waals surface area (Å²) in [4.78, 5) is 11.5. The van der Waals surface area contributed by atoms with Gasteiger partial charge in [-0.3, -0.25) is 0 Å². The van der Waals surface area contributed by atoms with Gasteiger partial charge in [-0.1, -0.05) is 20.8 Å². The van der Waals surface area contributed by atoms with E-state index in [0.29, 0.717) is 5.92 Å². The molecule has 0 bridgehead atoms. The molecule has 20 heavy (non-hydrogen) atoms. The Morgan fingerprint density at radius 1 is 1.35 bits per heavy atom. The van der Waals surface area contributed by atoms with E-state index in [4.69, 9.17) is 0 Å². The standard InChI is InChI=1S/C16H28N4/c1-6-9-17-14-13(12(2)3)15(19-11-18-14)20-10-7-8-16(20,4)5/h11-12H,6-10H2,1-5H3,(H,17,18,19). The van der Waals surface area contributed by atoms with Crippen LogP contribution < -0.4 is 10.2 Å². The molecule has 0 atom stereocenters. The Morgan fingerprint density at radius 2 is 2.10 bits per heavy atom. The molecule has 1 N–H and O–H groups in total. The zero-order chi connectivity index (χ0) is 14.8. The quantitative estimate of drug-likeness (QED) is 0.888. The molecule has 1 aliphatic heterocycles. The van der Waals surface area contributed by atoms with E-state index >= 15 is 0 Å². The summed E-state index contributed by atoms with van der Waals surface area (Å²) in [7, 11) is 0. The van der Waals surface area contributed by atoms with E-state index in [-0.39, 0.29) is 5.54 Å². The molecule has 1 aromatic rings. The van der Waals surface area contributed by atoms with Gasteiger partial charge in [-0.15, -0.1) is 0 Å². The average Bonchev–Trinajstić information content (AvgIpc) is 2.75. The summed E-state index contributed by atoms with van der Waals surface area (Å²) in [5.74, 6) is 2.55. The maximum Gasteiger partial charge on any atom is 0.138 e. The summed E-state index contributed by atoms with van der Waals surface area (Å²) in [5.41, 5.74) is 1.45. The predicted molar refractivity (Wildman–Crippen MR) is 85.6 cm³/mol. The molecule has 4 heteroatoms. The Labute approximate surface area is 123 Å². The van der Waals surface area contributed by atoms with Gasteiger partial charge in [-0.2, -0.15) is 0 Å². The first kappa shape index (κ1) is 15.1. The third-order valence-electron chi connectivity index (χ3n) is 4.14. The summed E-state index contributed by atoms with van der Waals surface area (Å²) < 4.78 is 0. The zero-order valence-corrected chi connectivity index (χ0v) is 13.5. The molecule has 0 amide bonds. The van der Waals surface area contributed by atoms with Crippen LogP contribution in [-0.4, -0.2) is 28.6 Å². The van der Waals surface area contributed by atoms with Crippen molar-refractivity contribution in [3.63, 3.8) is 0 Å². The van der Waals surface area contributed by atoms with Gasteiger partial charge in [0, 0.05) is 24.2 Å². The first-order valence-corrected chi connectivity index (χ1v) is 7.83. The molecule has 0 radical (unpaired) electrons. The van der Waals surface area contributed by atoms with Crippen LogP contribution in [-0.2, 0) is 0 Å². The molecule has 112 valence electrons. The fourth-order valence-electron chi connectivity index (χ4n) is 3.02. The second-order valence-corrected chi connectivity index (χ2v) is 6.61. The number of nitrogens with one attached hydrogen (secondary N) is 1. The third kappa shape index (κ3) is 2.89. The van der Waals surface area contributed by atoms with Gasteiger partial charge in [-0.05, 0) is 39.0 Å². The summed E-state index contributed by atoms with van der Waals surface area (Å²) in [6, 6.07) is 0. The van der Waals surface area contributed by atoms with Gasteiger partial charge in [0.2, 0.25) is 0 Å². The molecule has 2 heterocycles. The van der Waals surface area contributed by atoms with Crippen molar-refractivity contribution in [1.29, 1.82) is 0 Å². The van der Waals surface area contributed by atoms with E-state index in [1.165, 1.54) is 18.4 Å². The smallest absolute Gasteiger partial charge is 0.138 e. The van der Waals surface area contributed by atoms with Crippen molar-refractivity contribution in [3.8, 4) is 0 Å². The van der Waals surface area contributed by atoms with Crippen molar-refractivity contribution in [2.45, 2.75) is 65.3 Å². The molecule has 1 aromatic heterocycles. The minimum absolute atomic E-state index is 0.194. The number of aromatic nitrogens is 2. The molecule has 0 aliphatic carbocycles. The van der Waals surface area contributed by atoms with E-state index in [0.717, 1.165) is 31.1 Å². The molecule has 0 unspecified atom stereocenters. The van der Waals surface area contributed by atoms with Crippen LogP contribution in [0.4, 0.5) is 11.6 Å². The van der Waals surface area contributed by atoms with Gasteiger partial charge >= 0.3 is 0 Å². The molecule has 0 aromatic carbocycles. The van der Waals surface area contributed by atoms with E-state index in [2.05, 4.69) is 54.8 Å². The lowest BCUT2D eigenvalue weighted by Crippen LogP contribution is -2.39. The van der Waals surface area contributed by atoms with Crippen molar-refractivity contribution in [2.24, 2.45) is 0 Å². The van der Waals surface area contributed by atoms with Crippen LogP contribution in [0.2, 0.25) is 0 Å². The van der Waals surface area contributed by atoms with Crippen LogP contribution >= 0.6 is 0 Å². The van der Waals surface area contributed by atoms with Crippen molar-refractivity contribution >= 4 is 11.6 Å². The van der Waals surface area contributed by atoms with E-state index < -0.39 is 0 Å². The van der Waals surface area contributed by atoms with E-state index in [9.17, 15) is 0 Å². The lowest BCUT2D eigenvalue weighted by Gasteiger charge is -2.35. The molecule has 4 nitrogen and oxygen atoms in total. The van der Waals surface area contributed by atoms with Crippen LogP contribution in [0.1, 0.15) is 65.4 Å². The minimum Gasteiger partial charge on any atom is -0.370 e. The normalized spacial score (nSPS) is 17.8. The van der Waals surface area contributed by atoms with E-state index in [1.807, 2.05) is 0 Å². The van der Waals surface area contributed by atoms with Crippen molar-refractivity contribution < 1.29 is 0 Å². The molecule has 1 saturated heterocycles. The Bertz CT molecular complexity index is 454. The lowest BCUT2D eigenvalue weighted by molar-refractivity contribution is 0.512. The Kier molecular flexibility index (Phi) is 4.51. The lowest BCUT2D eigenvalue weighted by atomic mass is 9.99. The highest BCUT2D eigenvalue weighted by molar-refractivity contribution is 5.61. The molecule has 1 aliphatic rings. The third-order valence-corrected chi connectivity index (χ3v) is 4.14. The minimum atomic E-state index is 0.194. The van der Waals surface area contributed by atoms with Crippen LogP contribution in [0.3, 0.4) is 0 Å². The number of rotatable bonds is 5. The maximum atomic E-state index is 4.62. The van der Waals surface area contributed by atoms with Gasteiger partial charge in [0.15, 0.2) is 0 Å². The summed E-state index contributed by atoms with van der Waals surface area (Å²) in [5, 5.41) is 3.46. The van der Waals surface area contributed by atoms with Crippen LogP contribution in [0.25, 0.3) is 0 Å². The second kappa shape index (κ2) is 5.98. The number of hydrogen-bond acceptors (Lipinski definition) is 4. The molecule has 0 spiro atoms. The maximum absolute atomic E-state index is 4.62. The Hall–Kier alpha value is -1.32. The first-order valence-electron chi connectivity index (χ1n) is 7.83. The van der Waals surface area contributed by atoms with Crippen LogP contribution in [0.5, 0.6) is 0 Å². The highest BCUT2D eigenvalue weighted by Gasteiger charge is 2.35. The van der Waals surface area contributed by atoms with Crippen molar-refractivity contribution in [1.82, 2.24) is 9.97 Å². The SMILES string of the molecule is CCCNc1ncnc(N2CCCC2(C)C)c1C(C)C. The number of nitrogens with zero attached hydrogens (tertiary/aromatic N) is 3. The Balaban J connectivity index is 2.42. The molecule has 0 saturated carbocycles. The summed E-state index contributed by atoms with van der Waals surface area (Å²) >= 11 is 0. The second-order valence-electron chi connectivity index (χ2n) is 6.61. The first-order chi connectivity index (χ1) is 9.47. The van der Waals surface area contributed by atoms with Gasteiger partial charge in [0.25, 0.3) is 0 Å². The van der Waals surface area contributed by atoms with Gasteiger partial charge in [-0.25, -0.2) is 9.97 Å². The fraction of sp³-hybridized carbons (Fsp3) is 0.750. The van der Waals surface area contributed by atoms with Crippen molar-refractivity contribution in [2.75, 3.05) is 23.3 Å². The molecule has 2 rings (SSSR count). The number of anilines is 2. The highest BCUT2D eigenvalue weighted by Crippen LogP contribution is 2.38. The van der Waals surface area contributed by atoms with Crippen LogP contribution in [0, 0.1) is 0 Å². The molecular weight excluding hydrogens is 248 g/mol. The zero-order valence-electron chi connectivity index (χ0n) is 13.5. The van der Waals surface area contributed by atoms with Gasteiger partial charge < -0.3 is 10.2 Å². The van der Waals surface area contributed by atoms with Crippen molar-refractivity contribution in [3.05, 3.63) is 11.9 Å². The topological polar surface area (TPSA) is 41.1 Å². The van der Waals surface area contributed by atoms with Crippen LogP contribution in [0.15, 0.2) is 6.33 Å².